The Kier molecular flexibility index (Phi) is 15.3. The van der Waals surface area contributed by atoms with E-state index in [9.17, 15) is 8.78 Å². The number of rotatable bonds is 15. The molecule has 0 aliphatic carbocycles. The molecule has 3 nitrogen and oxygen atoms in total. The predicted molar refractivity (Wildman–Crippen MR) is 151 cm³/mol. The third-order valence-electron chi connectivity index (χ3n) is 6.94. The molecule has 2 N–H and O–H groups in total. The van der Waals surface area contributed by atoms with Crippen LogP contribution in [0.2, 0.25) is 0 Å². The number of thioether (sulfide) groups is 1. The number of alkyl halides is 1. The van der Waals surface area contributed by atoms with Gasteiger partial charge >= 0.3 is 0 Å². The Hall–Kier alpha value is -1.56. The van der Waals surface area contributed by atoms with Crippen molar-refractivity contribution in [1.82, 2.24) is 4.90 Å². The van der Waals surface area contributed by atoms with E-state index < -0.39 is 12.0 Å². The van der Waals surface area contributed by atoms with Gasteiger partial charge in [0, 0.05) is 48.5 Å². The maximum atomic E-state index is 13.6. The maximum Gasteiger partial charge on any atom is 0.202 e. The first-order chi connectivity index (χ1) is 16.6. The summed E-state index contributed by atoms with van der Waals surface area (Å²) in [6.45, 7) is 12.3. The quantitative estimate of drug-likeness (QED) is 0.178. The minimum atomic E-state index is -1.65. The van der Waals surface area contributed by atoms with Crippen molar-refractivity contribution in [3.63, 3.8) is 0 Å². The zero-order valence-corrected chi connectivity index (χ0v) is 23.9. The summed E-state index contributed by atoms with van der Waals surface area (Å²) in [5, 5.41) is 0.355. The van der Waals surface area contributed by atoms with Gasteiger partial charge in [-0.05, 0) is 45.4 Å². The number of unbranched alkanes of at least 4 members (excludes halogenated alkanes) is 1. The van der Waals surface area contributed by atoms with E-state index in [0.717, 1.165) is 30.7 Å². The van der Waals surface area contributed by atoms with Gasteiger partial charge in [-0.25, -0.2) is 13.4 Å². The zero-order chi connectivity index (χ0) is 26.4. The molecule has 3 atom stereocenters. The predicted octanol–water partition coefficient (Wildman–Crippen LogP) is 8.10. The normalized spacial score (nSPS) is 20.0. The Balaban J connectivity index is 2.97. The van der Waals surface area contributed by atoms with Crippen LogP contribution in [0.15, 0.2) is 46.9 Å². The first kappa shape index (κ1) is 31.5. The standard InChI is InChI=1S/C29H50F2N3S/c1-8-10-11-12-13-16-22(3)27-17-14-15-18-29(34(27)7)35-28(26(32)9-2)21-33(6)23(4)19-20-25(31)24(5)30/h11-12,19,22,25,29H,5,8-10,13-18,20-21,32H2,1-4,6-7H3/q+1. The van der Waals surface area contributed by atoms with Crippen molar-refractivity contribution < 1.29 is 13.4 Å². The molecule has 0 aromatic heterocycles. The van der Waals surface area contributed by atoms with Gasteiger partial charge in [-0.2, -0.15) is 0 Å². The fourth-order valence-corrected chi connectivity index (χ4v) is 5.77. The lowest BCUT2D eigenvalue weighted by Crippen LogP contribution is -2.30. The molecule has 0 spiro atoms. The lowest BCUT2D eigenvalue weighted by atomic mass is 9.95. The van der Waals surface area contributed by atoms with Gasteiger partial charge in [0.05, 0.1) is 6.54 Å². The van der Waals surface area contributed by atoms with Crippen LogP contribution < -0.4 is 5.73 Å². The van der Waals surface area contributed by atoms with Gasteiger partial charge in [0.1, 0.15) is 12.9 Å². The molecule has 0 amide bonds. The van der Waals surface area contributed by atoms with Gasteiger partial charge in [-0.3, -0.25) is 0 Å². The molecule has 3 unspecified atom stereocenters. The summed E-state index contributed by atoms with van der Waals surface area (Å²) >= 11 is 1.88. The van der Waals surface area contributed by atoms with Crippen LogP contribution in [0.25, 0.3) is 0 Å². The van der Waals surface area contributed by atoms with Crippen molar-refractivity contribution in [3.05, 3.63) is 46.9 Å². The van der Waals surface area contributed by atoms with Crippen LogP contribution >= 0.6 is 11.8 Å². The van der Waals surface area contributed by atoms with Crippen molar-refractivity contribution in [1.29, 1.82) is 0 Å². The number of hydrogen-bond acceptors (Lipinski definition) is 3. The molecule has 1 aliphatic heterocycles. The van der Waals surface area contributed by atoms with Crippen molar-refractivity contribution in [3.8, 4) is 0 Å². The molecule has 1 rings (SSSR count). The first-order valence-electron chi connectivity index (χ1n) is 13.4. The molecule has 0 bridgehead atoms. The second kappa shape index (κ2) is 17.0. The summed E-state index contributed by atoms with van der Waals surface area (Å²) in [5.74, 6) is -0.354. The second-order valence-electron chi connectivity index (χ2n) is 9.81. The molecule has 0 fully saturated rings. The topological polar surface area (TPSA) is 32.3 Å². The van der Waals surface area contributed by atoms with Crippen LogP contribution in [0.1, 0.15) is 91.9 Å². The highest BCUT2D eigenvalue weighted by molar-refractivity contribution is 8.03. The van der Waals surface area contributed by atoms with Gasteiger partial charge in [0.25, 0.3) is 0 Å². The van der Waals surface area contributed by atoms with E-state index in [2.05, 4.69) is 56.0 Å². The number of likely N-dealkylation sites (N-methyl/N-ethyl adjacent to an activating group) is 1. The van der Waals surface area contributed by atoms with Crippen LogP contribution in [-0.4, -0.2) is 47.4 Å². The summed E-state index contributed by atoms with van der Waals surface area (Å²) < 4.78 is 29.2. The molecule has 1 aliphatic rings. The Morgan fingerprint density at radius 2 is 1.97 bits per heavy atom. The SMILES string of the molecule is C=C(F)C(F)CC=C(C)N(C)CC(SC1CCCCC(C(C)CCC=CCCC)=[N+]1C)=C(N)CC. The van der Waals surface area contributed by atoms with Crippen molar-refractivity contribution >= 4 is 17.5 Å². The Labute approximate surface area is 218 Å². The molecule has 6 heteroatoms. The summed E-state index contributed by atoms with van der Waals surface area (Å²) in [7, 11) is 4.23. The molecule has 200 valence electrons. The molecule has 0 saturated carbocycles. The molecule has 0 radical (unpaired) electrons. The van der Waals surface area contributed by atoms with E-state index in [4.69, 9.17) is 5.73 Å². The van der Waals surface area contributed by atoms with E-state index in [1.807, 2.05) is 25.7 Å². The average molecular weight is 511 g/mol. The lowest BCUT2D eigenvalue weighted by Gasteiger charge is -2.25. The van der Waals surface area contributed by atoms with Crippen LogP contribution in [-0.2, 0) is 0 Å². The fourth-order valence-electron chi connectivity index (χ4n) is 4.30. The molecule has 0 aromatic carbocycles. The summed E-state index contributed by atoms with van der Waals surface area (Å²) in [4.78, 5) is 3.24. The van der Waals surface area contributed by atoms with Crippen molar-refractivity contribution in [2.75, 3.05) is 20.6 Å². The van der Waals surface area contributed by atoms with E-state index in [0.29, 0.717) is 17.8 Å². The van der Waals surface area contributed by atoms with Crippen LogP contribution in [0.3, 0.4) is 0 Å². The van der Waals surface area contributed by atoms with Gasteiger partial charge < -0.3 is 10.6 Å². The minimum Gasteiger partial charge on any atom is -0.401 e. The molecular weight excluding hydrogens is 460 g/mol. The van der Waals surface area contributed by atoms with E-state index in [-0.39, 0.29) is 6.42 Å². The molecule has 35 heavy (non-hydrogen) atoms. The average Bonchev–Trinajstić information content (AvgIpc) is 3.01. The minimum absolute atomic E-state index is 0.00381. The Morgan fingerprint density at radius 1 is 1.29 bits per heavy atom. The summed E-state index contributed by atoms with van der Waals surface area (Å²) in [5.41, 5.74) is 9.86. The highest BCUT2D eigenvalue weighted by Crippen LogP contribution is 2.32. The lowest BCUT2D eigenvalue weighted by molar-refractivity contribution is -0.515. The Bertz CT molecular complexity index is 785. The number of nitrogens with zero attached hydrogens (tertiary/aromatic N) is 2. The number of hydrogen-bond donors (Lipinski definition) is 1. The van der Waals surface area contributed by atoms with E-state index in [1.54, 1.807) is 11.8 Å². The number of halogens is 2. The first-order valence-corrected chi connectivity index (χ1v) is 14.2. The van der Waals surface area contributed by atoms with E-state index >= 15 is 0 Å². The highest BCUT2D eigenvalue weighted by atomic mass is 32.2. The fraction of sp³-hybridized carbons (Fsp3) is 0.690. The van der Waals surface area contributed by atoms with Crippen molar-refractivity contribution in [2.24, 2.45) is 11.7 Å². The molecule has 0 aromatic rings. The number of allylic oxidation sites excluding steroid dienone is 6. The van der Waals surface area contributed by atoms with Gasteiger partial charge in [0.2, 0.25) is 5.37 Å². The number of nitrogens with two attached hydrogens (primary N) is 1. The molecule has 1 heterocycles. The Morgan fingerprint density at radius 3 is 2.60 bits per heavy atom. The maximum absolute atomic E-state index is 13.6. The van der Waals surface area contributed by atoms with Crippen LogP contribution in [0.5, 0.6) is 0 Å². The summed E-state index contributed by atoms with van der Waals surface area (Å²) in [6.07, 6.45) is 15.0. The van der Waals surface area contributed by atoms with Gasteiger partial charge in [0.15, 0.2) is 11.9 Å². The largest absolute Gasteiger partial charge is 0.401 e. The van der Waals surface area contributed by atoms with Crippen molar-refractivity contribution in [2.45, 2.75) is 103 Å². The second-order valence-corrected chi connectivity index (χ2v) is 11.1. The summed E-state index contributed by atoms with van der Waals surface area (Å²) in [6, 6.07) is 0. The van der Waals surface area contributed by atoms with E-state index in [1.165, 1.54) is 43.4 Å². The van der Waals surface area contributed by atoms with Gasteiger partial charge in [-0.15, -0.1) is 0 Å². The van der Waals surface area contributed by atoms with Crippen LogP contribution in [0, 0.1) is 5.92 Å². The molecule has 0 saturated heterocycles. The zero-order valence-electron chi connectivity index (χ0n) is 23.1. The van der Waals surface area contributed by atoms with Crippen LogP contribution in [0.4, 0.5) is 8.78 Å². The third-order valence-corrected chi connectivity index (χ3v) is 8.44. The van der Waals surface area contributed by atoms with Gasteiger partial charge in [-0.1, -0.05) is 63.8 Å². The third kappa shape index (κ3) is 11.4. The monoisotopic (exact) mass is 510 g/mol. The highest BCUT2D eigenvalue weighted by Gasteiger charge is 2.30. The smallest absolute Gasteiger partial charge is 0.202 e. The molecular formula is C29H50F2N3S+.